The maximum atomic E-state index is 12.4. The van der Waals surface area contributed by atoms with Gasteiger partial charge in [0.25, 0.3) is 0 Å². The third kappa shape index (κ3) is 5.21. The Kier molecular flexibility index (Phi) is 8.05. The molecule has 3 unspecified atom stereocenters. The summed E-state index contributed by atoms with van der Waals surface area (Å²) in [5, 5.41) is 0. The van der Waals surface area contributed by atoms with Crippen molar-refractivity contribution in [1.82, 2.24) is 4.90 Å². The quantitative estimate of drug-likeness (QED) is 0.505. The molecule has 0 aromatic rings. The number of nitrogens with zero attached hydrogens (tertiary/aromatic N) is 1. The Labute approximate surface area is 139 Å². The third-order valence-corrected chi connectivity index (χ3v) is 4.41. The van der Waals surface area contributed by atoms with Crippen molar-refractivity contribution >= 4 is 11.6 Å². The van der Waals surface area contributed by atoms with Gasteiger partial charge in [0.15, 0.2) is 12.1 Å². The van der Waals surface area contributed by atoms with Crippen LogP contribution in [0.15, 0.2) is 12.2 Å². The van der Waals surface area contributed by atoms with Gasteiger partial charge >= 0.3 is 0 Å². The van der Waals surface area contributed by atoms with Gasteiger partial charge in [-0.25, -0.2) is 0 Å². The second-order valence-electron chi connectivity index (χ2n) is 6.03. The van der Waals surface area contributed by atoms with Gasteiger partial charge in [-0.3, -0.25) is 14.5 Å². The minimum Gasteiger partial charge on any atom is -0.353 e. The fourth-order valence-corrected chi connectivity index (χ4v) is 3.25. The van der Waals surface area contributed by atoms with E-state index in [1.807, 2.05) is 37.9 Å². The SMILES string of the molecule is C/C=C\[C@@H]1C[C@H](C(C)=O)N(C)C1C(N)C(=O)COC(C)OCC. The summed E-state index contributed by atoms with van der Waals surface area (Å²) in [6.07, 6.45) is 4.23. The number of hydrogen-bond acceptors (Lipinski definition) is 6. The average Bonchev–Trinajstić information content (AvgIpc) is 2.81. The zero-order valence-electron chi connectivity index (χ0n) is 14.8. The van der Waals surface area contributed by atoms with E-state index in [0.717, 1.165) is 0 Å². The number of hydrogen-bond donors (Lipinski definition) is 1. The summed E-state index contributed by atoms with van der Waals surface area (Å²) in [6, 6.07) is -1.08. The van der Waals surface area contributed by atoms with E-state index in [9.17, 15) is 9.59 Å². The van der Waals surface area contributed by atoms with Crippen LogP contribution in [0, 0.1) is 5.92 Å². The van der Waals surface area contributed by atoms with E-state index in [1.54, 1.807) is 13.8 Å². The van der Waals surface area contributed by atoms with Gasteiger partial charge in [0.05, 0.1) is 12.1 Å². The first-order valence-corrected chi connectivity index (χ1v) is 8.20. The largest absolute Gasteiger partial charge is 0.353 e. The van der Waals surface area contributed by atoms with Gasteiger partial charge in [-0.2, -0.15) is 0 Å². The first-order chi connectivity index (χ1) is 10.8. The van der Waals surface area contributed by atoms with Gasteiger partial charge in [0.2, 0.25) is 0 Å². The molecule has 2 N–H and O–H groups in total. The van der Waals surface area contributed by atoms with Crippen molar-refractivity contribution in [3.63, 3.8) is 0 Å². The highest BCUT2D eigenvalue weighted by molar-refractivity contribution is 5.87. The monoisotopic (exact) mass is 326 g/mol. The van der Waals surface area contributed by atoms with Crippen molar-refractivity contribution in [1.29, 1.82) is 0 Å². The summed E-state index contributed by atoms with van der Waals surface area (Å²) in [5.74, 6) is 0.0136. The molecule has 132 valence electrons. The van der Waals surface area contributed by atoms with Gasteiger partial charge in [-0.05, 0) is 47.1 Å². The van der Waals surface area contributed by atoms with Crippen LogP contribution >= 0.6 is 0 Å². The van der Waals surface area contributed by atoms with Gasteiger partial charge in [0, 0.05) is 12.6 Å². The molecule has 1 aliphatic heterocycles. The molecule has 1 aliphatic rings. The highest BCUT2D eigenvalue weighted by atomic mass is 16.7. The Bertz CT molecular complexity index is 438. The molecule has 1 saturated heterocycles. The number of ether oxygens (including phenoxy) is 2. The van der Waals surface area contributed by atoms with Crippen LogP contribution in [0.1, 0.15) is 34.1 Å². The van der Waals surface area contributed by atoms with Crippen molar-refractivity contribution in [3.05, 3.63) is 12.2 Å². The molecule has 0 spiro atoms. The number of allylic oxidation sites excluding steroid dienone is 1. The van der Waals surface area contributed by atoms with E-state index < -0.39 is 12.3 Å². The molecule has 0 aliphatic carbocycles. The fraction of sp³-hybridized carbons (Fsp3) is 0.765. The van der Waals surface area contributed by atoms with Crippen molar-refractivity contribution in [3.8, 4) is 0 Å². The molecule has 0 bridgehead atoms. The van der Waals surface area contributed by atoms with Gasteiger partial charge in [0.1, 0.15) is 12.4 Å². The summed E-state index contributed by atoms with van der Waals surface area (Å²) < 4.78 is 10.6. The molecule has 6 heteroatoms. The topological polar surface area (TPSA) is 81.9 Å². The number of nitrogens with two attached hydrogens (primary N) is 1. The molecular formula is C17H30N2O4. The van der Waals surface area contributed by atoms with Crippen molar-refractivity contribution in [2.45, 2.75) is 58.5 Å². The lowest BCUT2D eigenvalue weighted by Crippen LogP contribution is -2.53. The Morgan fingerprint density at radius 1 is 1.39 bits per heavy atom. The molecule has 1 heterocycles. The zero-order valence-corrected chi connectivity index (χ0v) is 14.8. The molecule has 0 radical (unpaired) electrons. The van der Waals surface area contributed by atoms with Crippen LogP contribution in [0.3, 0.4) is 0 Å². The zero-order chi connectivity index (χ0) is 17.6. The van der Waals surface area contributed by atoms with Crippen LogP contribution in [0.5, 0.6) is 0 Å². The maximum Gasteiger partial charge on any atom is 0.176 e. The van der Waals surface area contributed by atoms with E-state index in [2.05, 4.69) is 0 Å². The van der Waals surface area contributed by atoms with Crippen LogP contribution in [0.4, 0.5) is 0 Å². The Morgan fingerprint density at radius 3 is 2.57 bits per heavy atom. The molecule has 6 nitrogen and oxygen atoms in total. The standard InChI is InChI=1S/C17H30N2O4/c1-6-8-13-9-14(11(3)20)19(5)17(13)16(18)15(21)10-23-12(4)22-7-2/h6,8,12-14,16-17H,7,9-10,18H2,1-5H3/b8-6-/t12?,13-,14-,16?,17?/m1/s1. The Hall–Kier alpha value is -1.08. The maximum absolute atomic E-state index is 12.4. The molecule has 23 heavy (non-hydrogen) atoms. The number of carbonyl (C=O) groups is 2. The van der Waals surface area contributed by atoms with E-state index in [0.29, 0.717) is 13.0 Å². The molecule has 5 atom stereocenters. The number of likely N-dealkylation sites (N-methyl/N-ethyl adjacent to an activating group) is 1. The summed E-state index contributed by atoms with van der Waals surface area (Å²) >= 11 is 0. The van der Waals surface area contributed by atoms with Gasteiger partial charge < -0.3 is 15.2 Å². The highest BCUT2D eigenvalue weighted by Gasteiger charge is 2.44. The molecular weight excluding hydrogens is 296 g/mol. The molecule has 0 aromatic heterocycles. The Morgan fingerprint density at radius 2 is 2.04 bits per heavy atom. The van der Waals surface area contributed by atoms with E-state index in [-0.39, 0.29) is 36.2 Å². The first kappa shape index (κ1) is 20.0. The van der Waals surface area contributed by atoms with E-state index in [4.69, 9.17) is 15.2 Å². The van der Waals surface area contributed by atoms with Crippen LogP contribution in [-0.4, -0.2) is 61.1 Å². The van der Waals surface area contributed by atoms with Crippen molar-refractivity contribution in [2.75, 3.05) is 20.3 Å². The van der Waals surface area contributed by atoms with E-state index >= 15 is 0 Å². The molecule has 1 rings (SSSR count). The second kappa shape index (κ2) is 9.27. The van der Waals surface area contributed by atoms with Gasteiger partial charge in [-0.15, -0.1) is 0 Å². The van der Waals surface area contributed by atoms with Crippen molar-refractivity contribution in [2.24, 2.45) is 11.7 Å². The normalized spacial score (nSPS) is 28.2. The number of carbonyl (C=O) groups excluding carboxylic acids is 2. The Balaban J connectivity index is 2.75. The van der Waals surface area contributed by atoms with Crippen LogP contribution in [0.2, 0.25) is 0 Å². The lowest BCUT2D eigenvalue weighted by atomic mass is 9.91. The minimum absolute atomic E-state index is 0.0834. The summed E-state index contributed by atoms with van der Waals surface area (Å²) in [5.41, 5.74) is 6.20. The first-order valence-electron chi connectivity index (χ1n) is 8.20. The lowest BCUT2D eigenvalue weighted by Gasteiger charge is -2.30. The summed E-state index contributed by atoms with van der Waals surface area (Å²) in [4.78, 5) is 26.1. The van der Waals surface area contributed by atoms with Gasteiger partial charge in [-0.1, -0.05) is 12.2 Å². The highest BCUT2D eigenvalue weighted by Crippen LogP contribution is 2.32. The lowest BCUT2D eigenvalue weighted by molar-refractivity contribution is -0.150. The molecule has 0 aromatic carbocycles. The number of rotatable bonds is 9. The van der Waals surface area contributed by atoms with E-state index in [1.165, 1.54) is 0 Å². The summed E-state index contributed by atoms with van der Waals surface area (Å²) in [7, 11) is 1.86. The predicted molar refractivity (Wildman–Crippen MR) is 89.0 cm³/mol. The minimum atomic E-state index is -0.695. The summed E-state index contributed by atoms with van der Waals surface area (Å²) in [6.45, 7) is 7.56. The van der Waals surface area contributed by atoms with Crippen molar-refractivity contribution < 1.29 is 19.1 Å². The molecule has 1 fully saturated rings. The number of ketones is 2. The average molecular weight is 326 g/mol. The second-order valence-corrected chi connectivity index (χ2v) is 6.03. The van der Waals surface area contributed by atoms with Crippen LogP contribution in [-0.2, 0) is 19.1 Å². The molecule has 0 saturated carbocycles. The predicted octanol–water partition coefficient (Wildman–Crippen LogP) is 1.14. The van der Waals surface area contributed by atoms with Crippen LogP contribution < -0.4 is 5.73 Å². The smallest absolute Gasteiger partial charge is 0.176 e. The molecule has 0 amide bonds. The number of likely N-dealkylation sites (tertiary alicyclic amines) is 1. The third-order valence-electron chi connectivity index (χ3n) is 4.41. The fourth-order valence-electron chi connectivity index (χ4n) is 3.25. The van der Waals surface area contributed by atoms with Crippen LogP contribution in [0.25, 0.3) is 0 Å². The number of Topliss-reactive ketones (excluding diaryl/α,β-unsaturated/α-hetero) is 2.